The van der Waals surface area contributed by atoms with Crippen molar-refractivity contribution >= 4 is 0 Å². The third kappa shape index (κ3) is 2.43. The largest absolute Gasteiger partial charge is 0.312 e. The third-order valence-corrected chi connectivity index (χ3v) is 3.77. The fourth-order valence-electron chi connectivity index (χ4n) is 2.83. The van der Waals surface area contributed by atoms with Gasteiger partial charge in [0.15, 0.2) is 0 Å². The van der Waals surface area contributed by atoms with Gasteiger partial charge in [-0.1, -0.05) is 30.4 Å². The smallest absolute Gasteiger partial charge is 0.0240 e. The van der Waals surface area contributed by atoms with Gasteiger partial charge in [0.05, 0.1) is 0 Å². The maximum Gasteiger partial charge on any atom is 0.0240 e. The molecule has 0 amide bonds. The number of rotatable bonds is 2. The van der Waals surface area contributed by atoms with E-state index in [0.717, 1.165) is 26.2 Å². The van der Waals surface area contributed by atoms with Gasteiger partial charge in [-0.2, -0.15) is 0 Å². The molecule has 17 heavy (non-hydrogen) atoms. The standard InChI is InChI=1S/C15H20N2/c1-2-9-17(10-3-1)12-14-6-4-5-13-11-16-8-7-15(13)14/h1-2,4-6,16H,3,7-12H2. The first-order chi connectivity index (χ1) is 8.43. The maximum absolute atomic E-state index is 3.45. The Morgan fingerprint density at radius 1 is 1.24 bits per heavy atom. The number of benzene rings is 1. The van der Waals surface area contributed by atoms with Crippen molar-refractivity contribution in [2.75, 3.05) is 19.6 Å². The summed E-state index contributed by atoms with van der Waals surface area (Å²) in [6, 6.07) is 6.78. The Labute approximate surface area is 103 Å². The van der Waals surface area contributed by atoms with Crippen LogP contribution in [0.1, 0.15) is 23.1 Å². The van der Waals surface area contributed by atoms with Crippen LogP contribution in [0.2, 0.25) is 0 Å². The van der Waals surface area contributed by atoms with E-state index >= 15 is 0 Å². The fraction of sp³-hybridized carbons (Fsp3) is 0.467. The Bertz CT molecular complexity index is 423. The first-order valence-electron chi connectivity index (χ1n) is 6.61. The zero-order chi connectivity index (χ0) is 11.5. The summed E-state index contributed by atoms with van der Waals surface area (Å²) in [6.07, 6.45) is 6.98. The van der Waals surface area contributed by atoms with Crippen molar-refractivity contribution in [1.82, 2.24) is 10.2 Å². The predicted molar refractivity (Wildman–Crippen MR) is 70.9 cm³/mol. The van der Waals surface area contributed by atoms with E-state index in [-0.39, 0.29) is 0 Å². The van der Waals surface area contributed by atoms with Crippen LogP contribution in [0.15, 0.2) is 30.4 Å². The van der Waals surface area contributed by atoms with Crippen LogP contribution in [0.3, 0.4) is 0 Å². The molecular formula is C15H20N2. The molecule has 90 valence electrons. The predicted octanol–water partition coefficient (Wildman–Crippen LogP) is 2.09. The van der Waals surface area contributed by atoms with Crippen molar-refractivity contribution < 1.29 is 0 Å². The molecule has 2 heterocycles. The van der Waals surface area contributed by atoms with E-state index in [1.54, 1.807) is 11.1 Å². The molecule has 1 aromatic rings. The van der Waals surface area contributed by atoms with Gasteiger partial charge in [0.1, 0.15) is 0 Å². The van der Waals surface area contributed by atoms with Crippen molar-refractivity contribution in [2.45, 2.75) is 25.9 Å². The molecule has 2 heteroatoms. The SMILES string of the molecule is C1=CCN(Cc2cccc3c2CCNC3)CC1. The normalized spacial score (nSPS) is 20.2. The van der Waals surface area contributed by atoms with Gasteiger partial charge >= 0.3 is 0 Å². The number of hydrogen-bond donors (Lipinski definition) is 1. The summed E-state index contributed by atoms with van der Waals surface area (Å²) >= 11 is 0. The van der Waals surface area contributed by atoms with Gasteiger partial charge in [-0.05, 0) is 36.1 Å². The van der Waals surface area contributed by atoms with Crippen molar-refractivity contribution in [3.8, 4) is 0 Å². The van der Waals surface area contributed by atoms with Gasteiger partial charge in [-0.3, -0.25) is 4.90 Å². The Kier molecular flexibility index (Phi) is 3.25. The van der Waals surface area contributed by atoms with Crippen molar-refractivity contribution in [1.29, 1.82) is 0 Å². The minimum absolute atomic E-state index is 1.04. The lowest BCUT2D eigenvalue weighted by Gasteiger charge is -2.26. The number of nitrogens with zero attached hydrogens (tertiary/aromatic N) is 1. The average Bonchev–Trinajstić information content (AvgIpc) is 2.40. The van der Waals surface area contributed by atoms with Crippen molar-refractivity contribution in [2.24, 2.45) is 0 Å². The summed E-state index contributed by atoms with van der Waals surface area (Å²) in [5, 5.41) is 3.45. The van der Waals surface area contributed by atoms with E-state index in [2.05, 4.69) is 40.6 Å². The van der Waals surface area contributed by atoms with Gasteiger partial charge in [0.2, 0.25) is 0 Å². The lowest BCUT2D eigenvalue weighted by molar-refractivity contribution is 0.289. The topological polar surface area (TPSA) is 15.3 Å². The number of fused-ring (bicyclic) bond motifs is 1. The van der Waals surface area contributed by atoms with E-state index in [1.165, 1.54) is 24.9 Å². The van der Waals surface area contributed by atoms with Crippen LogP contribution in [0.5, 0.6) is 0 Å². The molecule has 3 rings (SSSR count). The Morgan fingerprint density at radius 2 is 2.24 bits per heavy atom. The third-order valence-electron chi connectivity index (χ3n) is 3.77. The van der Waals surface area contributed by atoms with Crippen LogP contribution >= 0.6 is 0 Å². The highest BCUT2D eigenvalue weighted by Crippen LogP contribution is 2.20. The monoisotopic (exact) mass is 228 g/mol. The summed E-state index contributed by atoms with van der Waals surface area (Å²) in [7, 11) is 0. The molecule has 0 bridgehead atoms. The second-order valence-electron chi connectivity index (χ2n) is 4.98. The van der Waals surface area contributed by atoms with Crippen LogP contribution < -0.4 is 5.32 Å². The molecule has 0 saturated carbocycles. The molecule has 0 spiro atoms. The molecule has 2 aliphatic heterocycles. The quantitative estimate of drug-likeness (QED) is 0.780. The summed E-state index contributed by atoms with van der Waals surface area (Å²) in [6.45, 7) is 5.61. The van der Waals surface area contributed by atoms with Crippen LogP contribution in [0.25, 0.3) is 0 Å². The van der Waals surface area contributed by atoms with Crippen LogP contribution in [0.4, 0.5) is 0 Å². The molecule has 0 unspecified atom stereocenters. The molecule has 0 aromatic heterocycles. The molecule has 1 aromatic carbocycles. The van der Waals surface area contributed by atoms with E-state index in [4.69, 9.17) is 0 Å². The fourth-order valence-corrected chi connectivity index (χ4v) is 2.83. The van der Waals surface area contributed by atoms with Crippen molar-refractivity contribution in [3.05, 3.63) is 47.0 Å². The zero-order valence-electron chi connectivity index (χ0n) is 10.3. The average molecular weight is 228 g/mol. The van der Waals surface area contributed by atoms with Crippen LogP contribution in [0, 0.1) is 0 Å². The van der Waals surface area contributed by atoms with Gasteiger partial charge in [0.25, 0.3) is 0 Å². The summed E-state index contributed by atoms with van der Waals surface area (Å²) < 4.78 is 0. The summed E-state index contributed by atoms with van der Waals surface area (Å²) in [5.41, 5.74) is 4.64. The van der Waals surface area contributed by atoms with Crippen LogP contribution in [-0.2, 0) is 19.5 Å². The zero-order valence-corrected chi connectivity index (χ0v) is 10.3. The highest BCUT2D eigenvalue weighted by molar-refractivity contribution is 5.37. The summed E-state index contributed by atoms with van der Waals surface area (Å²) in [4.78, 5) is 2.54. The number of hydrogen-bond acceptors (Lipinski definition) is 2. The van der Waals surface area contributed by atoms with E-state index in [0.29, 0.717) is 0 Å². The molecule has 0 fully saturated rings. The van der Waals surface area contributed by atoms with E-state index < -0.39 is 0 Å². The summed E-state index contributed by atoms with van der Waals surface area (Å²) in [5.74, 6) is 0. The highest BCUT2D eigenvalue weighted by atomic mass is 15.1. The van der Waals surface area contributed by atoms with Gasteiger partial charge in [-0.15, -0.1) is 0 Å². The van der Waals surface area contributed by atoms with Crippen LogP contribution in [-0.4, -0.2) is 24.5 Å². The maximum atomic E-state index is 3.45. The molecule has 0 aliphatic carbocycles. The second kappa shape index (κ2) is 5.03. The molecule has 0 radical (unpaired) electrons. The van der Waals surface area contributed by atoms with Gasteiger partial charge in [-0.25, -0.2) is 0 Å². The highest BCUT2D eigenvalue weighted by Gasteiger charge is 2.14. The Hall–Kier alpha value is -1.12. The first-order valence-corrected chi connectivity index (χ1v) is 6.61. The van der Waals surface area contributed by atoms with Crippen molar-refractivity contribution in [3.63, 3.8) is 0 Å². The molecular weight excluding hydrogens is 208 g/mol. The Morgan fingerprint density at radius 3 is 3.12 bits per heavy atom. The van der Waals surface area contributed by atoms with Gasteiger partial charge < -0.3 is 5.32 Å². The molecule has 2 aliphatic rings. The lowest BCUT2D eigenvalue weighted by atomic mass is 9.95. The second-order valence-corrected chi connectivity index (χ2v) is 4.98. The van der Waals surface area contributed by atoms with Gasteiger partial charge in [0, 0.05) is 26.2 Å². The minimum atomic E-state index is 1.04. The molecule has 1 N–H and O–H groups in total. The first kappa shape index (κ1) is 11.0. The minimum Gasteiger partial charge on any atom is -0.312 e. The molecule has 0 saturated heterocycles. The van der Waals surface area contributed by atoms with E-state index in [9.17, 15) is 0 Å². The molecule has 2 nitrogen and oxygen atoms in total. The number of nitrogens with one attached hydrogen (secondary N) is 1. The molecule has 0 atom stereocenters. The lowest BCUT2D eigenvalue weighted by Crippen LogP contribution is -2.29. The Balaban J connectivity index is 1.80. The van der Waals surface area contributed by atoms with E-state index in [1.807, 2.05) is 0 Å².